The van der Waals surface area contributed by atoms with Crippen molar-refractivity contribution in [3.05, 3.63) is 65.1 Å². The number of hydrogen-bond acceptors (Lipinski definition) is 4. The van der Waals surface area contributed by atoms with Gasteiger partial charge in [-0.05, 0) is 43.2 Å². The van der Waals surface area contributed by atoms with E-state index in [1.54, 1.807) is 0 Å². The fourth-order valence-corrected chi connectivity index (χ4v) is 4.08. The van der Waals surface area contributed by atoms with Crippen molar-refractivity contribution in [2.24, 2.45) is 4.99 Å². The van der Waals surface area contributed by atoms with Crippen molar-refractivity contribution in [1.29, 1.82) is 0 Å². The second kappa shape index (κ2) is 8.77. The summed E-state index contributed by atoms with van der Waals surface area (Å²) < 4.78 is 0. The molecule has 0 aromatic heterocycles. The minimum absolute atomic E-state index is 0.620. The Balaban J connectivity index is 1.53. The molecule has 4 nitrogen and oxygen atoms in total. The van der Waals surface area contributed by atoms with E-state index in [0.29, 0.717) is 6.04 Å². The van der Waals surface area contributed by atoms with E-state index in [1.165, 1.54) is 44.1 Å². The highest BCUT2D eigenvalue weighted by Gasteiger charge is 2.21. The van der Waals surface area contributed by atoms with Gasteiger partial charge in [-0.2, -0.15) is 0 Å². The van der Waals surface area contributed by atoms with E-state index in [1.807, 2.05) is 30.3 Å². The third kappa shape index (κ3) is 4.82. The molecular formula is C22H27ClN4. The molecule has 0 amide bonds. The summed E-state index contributed by atoms with van der Waals surface area (Å²) in [6.07, 6.45) is 16.2. The lowest BCUT2D eigenvalue weighted by atomic mass is 10.1. The Bertz CT molecular complexity index is 785. The number of hydrogen-bond donors (Lipinski definition) is 2. The van der Waals surface area contributed by atoms with Gasteiger partial charge in [0.15, 0.2) is 0 Å². The smallest absolute Gasteiger partial charge is 0.135 e. The number of anilines is 1. The molecule has 4 rings (SSSR count). The molecule has 1 aromatic rings. The average molecular weight is 383 g/mol. The maximum Gasteiger partial charge on any atom is 0.135 e. The molecule has 1 fully saturated rings. The van der Waals surface area contributed by atoms with Gasteiger partial charge < -0.3 is 15.5 Å². The summed E-state index contributed by atoms with van der Waals surface area (Å²) in [5.41, 5.74) is 2.25. The quantitative estimate of drug-likeness (QED) is 0.698. The van der Waals surface area contributed by atoms with Gasteiger partial charge in [-0.25, -0.2) is 4.99 Å². The van der Waals surface area contributed by atoms with Crippen LogP contribution in [-0.4, -0.2) is 29.9 Å². The average Bonchev–Trinajstić information content (AvgIpc) is 2.95. The van der Waals surface area contributed by atoms with Crippen LogP contribution in [0.5, 0.6) is 0 Å². The van der Waals surface area contributed by atoms with E-state index in [4.69, 9.17) is 16.6 Å². The fraction of sp³-hybridized carbons (Fsp3) is 0.409. The third-order valence-corrected chi connectivity index (χ3v) is 5.62. The van der Waals surface area contributed by atoms with E-state index in [-0.39, 0.29) is 0 Å². The van der Waals surface area contributed by atoms with Crippen molar-refractivity contribution in [3.63, 3.8) is 0 Å². The van der Waals surface area contributed by atoms with Gasteiger partial charge in [0, 0.05) is 35.1 Å². The fourth-order valence-electron chi connectivity index (χ4n) is 3.89. The molecule has 0 spiro atoms. The van der Waals surface area contributed by atoms with Crippen LogP contribution < -0.4 is 10.6 Å². The van der Waals surface area contributed by atoms with Gasteiger partial charge in [0.1, 0.15) is 11.7 Å². The Labute approximate surface area is 166 Å². The molecule has 1 saturated carbocycles. The molecule has 1 aliphatic carbocycles. The monoisotopic (exact) mass is 382 g/mol. The Morgan fingerprint density at radius 2 is 1.96 bits per heavy atom. The molecular weight excluding hydrogens is 356 g/mol. The molecule has 3 aliphatic rings. The minimum Gasteiger partial charge on any atom is -0.340 e. The summed E-state index contributed by atoms with van der Waals surface area (Å²) in [6.45, 7) is 1.71. The Morgan fingerprint density at radius 1 is 1.11 bits per heavy atom. The molecule has 2 N–H and O–H groups in total. The summed E-state index contributed by atoms with van der Waals surface area (Å²) in [4.78, 5) is 7.08. The molecule has 1 aromatic carbocycles. The minimum atomic E-state index is 0.620. The van der Waals surface area contributed by atoms with Gasteiger partial charge in [-0.1, -0.05) is 49.4 Å². The van der Waals surface area contributed by atoms with Gasteiger partial charge in [-0.15, -0.1) is 0 Å². The van der Waals surface area contributed by atoms with Gasteiger partial charge in [0.25, 0.3) is 0 Å². The number of amidine groups is 1. The number of halogens is 1. The molecule has 142 valence electrons. The molecule has 2 aliphatic heterocycles. The molecule has 0 radical (unpaired) electrons. The van der Waals surface area contributed by atoms with Crippen molar-refractivity contribution < 1.29 is 0 Å². The van der Waals surface area contributed by atoms with E-state index in [9.17, 15) is 0 Å². The predicted octanol–water partition coefficient (Wildman–Crippen LogP) is 5.07. The zero-order valence-electron chi connectivity index (χ0n) is 15.6. The van der Waals surface area contributed by atoms with Crippen LogP contribution in [0.3, 0.4) is 0 Å². The van der Waals surface area contributed by atoms with Crippen LogP contribution in [0.25, 0.3) is 0 Å². The van der Waals surface area contributed by atoms with Gasteiger partial charge in [0.2, 0.25) is 0 Å². The Morgan fingerprint density at radius 3 is 2.78 bits per heavy atom. The van der Waals surface area contributed by atoms with Crippen LogP contribution in [0.4, 0.5) is 5.69 Å². The maximum atomic E-state index is 6.16. The highest BCUT2D eigenvalue weighted by Crippen LogP contribution is 2.24. The lowest BCUT2D eigenvalue weighted by Gasteiger charge is -2.30. The summed E-state index contributed by atoms with van der Waals surface area (Å²) >= 11 is 6.16. The zero-order chi connectivity index (χ0) is 18.5. The summed E-state index contributed by atoms with van der Waals surface area (Å²) in [7, 11) is 0. The number of nitrogens with zero attached hydrogens (tertiary/aromatic N) is 2. The number of rotatable bonds is 5. The van der Waals surface area contributed by atoms with Crippen molar-refractivity contribution in [1.82, 2.24) is 10.2 Å². The topological polar surface area (TPSA) is 39.7 Å². The first-order valence-electron chi connectivity index (χ1n) is 9.96. The Kier molecular flexibility index (Phi) is 5.95. The number of nitrogens with one attached hydrogen (secondary N) is 2. The first-order chi connectivity index (χ1) is 13.3. The summed E-state index contributed by atoms with van der Waals surface area (Å²) in [5, 5.41) is 8.01. The molecule has 27 heavy (non-hydrogen) atoms. The Hall–Kier alpha value is -2.04. The standard InChI is InChI=1S/C22H27ClN4/c23-18-8-7-11-20(14-18)25-22-17(15-24-19-9-3-1-2-4-10-19)16-27-13-6-5-12-21(27)26-22/h5-8,11-14,19,24-25H,1-4,9-10,15-16H2. The number of allylic oxidation sites excluding steroid dienone is 2. The van der Waals surface area contributed by atoms with Crippen LogP contribution in [-0.2, 0) is 0 Å². The number of aliphatic imine (C=N–C) groups is 1. The van der Waals surface area contributed by atoms with Crippen LogP contribution in [0.15, 0.2) is 65.1 Å². The molecule has 0 unspecified atom stereocenters. The van der Waals surface area contributed by atoms with Crippen LogP contribution in [0.2, 0.25) is 5.02 Å². The second-order valence-electron chi connectivity index (χ2n) is 7.46. The highest BCUT2D eigenvalue weighted by atomic mass is 35.5. The van der Waals surface area contributed by atoms with Gasteiger partial charge >= 0.3 is 0 Å². The second-order valence-corrected chi connectivity index (χ2v) is 7.89. The summed E-state index contributed by atoms with van der Waals surface area (Å²) in [5.74, 6) is 1.91. The lowest BCUT2D eigenvalue weighted by molar-refractivity contribution is 0.465. The lowest BCUT2D eigenvalue weighted by Crippen LogP contribution is -2.38. The van der Waals surface area contributed by atoms with Gasteiger partial charge in [-0.3, -0.25) is 0 Å². The van der Waals surface area contributed by atoms with Crippen LogP contribution in [0.1, 0.15) is 38.5 Å². The van der Waals surface area contributed by atoms with E-state index in [2.05, 4.69) is 33.9 Å². The number of fused-ring (bicyclic) bond motifs is 1. The van der Waals surface area contributed by atoms with Crippen molar-refractivity contribution in [2.45, 2.75) is 44.6 Å². The SMILES string of the molecule is Clc1cccc(NC2=C(CNC3CCCCCC3)CN3C=CC=CC3=N2)c1. The molecule has 0 bridgehead atoms. The molecule has 0 atom stereocenters. The largest absolute Gasteiger partial charge is 0.340 e. The molecule has 2 heterocycles. The van der Waals surface area contributed by atoms with Crippen molar-refractivity contribution in [3.8, 4) is 0 Å². The van der Waals surface area contributed by atoms with Gasteiger partial charge in [0.05, 0.1) is 6.54 Å². The summed E-state index contributed by atoms with van der Waals surface area (Å²) in [6, 6.07) is 8.43. The number of benzene rings is 1. The zero-order valence-corrected chi connectivity index (χ0v) is 16.4. The van der Waals surface area contributed by atoms with Crippen LogP contribution >= 0.6 is 11.6 Å². The van der Waals surface area contributed by atoms with Crippen molar-refractivity contribution in [2.75, 3.05) is 18.4 Å². The maximum absolute atomic E-state index is 6.16. The molecule has 5 heteroatoms. The van der Waals surface area contributed by atoms with E-state index in [0.717, 1.165) is 35.5 Å². The normalized spacial score (nSPS) is 20.3. The predicted molar refractivity (Wildman–Crippen MR) is 114 cm³/mol. The van der Waals surface area contributed by atoms with Crippen LogP contribution in [0, 0.1) is 0 Å². The third-order valence-electron chi connectivity index (χ3n) is 5.39. The van der Waals surface area contributed by atoms with E-state index < -0.39 is 0 Å². The first kappa shape index (κ1) is 18.3. The molecule has 0 saturated heterocycles. The van der Waals surface area contributed by atoms with E-state index >= 15 is 0 Å². The van der Waals surface area contributed by atoms with Crippen molar-refractivity contribution >= 4 is 23.1 Å². The first-order valence-corrected chi connectivity index (χ1v) is 10.3. The highest BCUT2D eigenvalue weighted by molar-refractivity contribution is 6.30.